The molecule has 2 heterocycles. The average molecular weight is 544 g/mol. The Labute approximate surface area is 224 Å². The molecule has 5 rings (SSSR count). The lowest BCUT2D eigenvalue weighted by Crippen LogP contribution is -2.36. The van der Waals surface area contributed by atoms with Crippen LogP contribution in [-0.2, 0) is 12.7 Å². The van der Waals surface area contributed by atoms with Crippen LogP contribution in [-0.4, -0.2) is 36.1 Å². The van der Waals surface area contributed by atoms with Crippen LogP contribution in [0, 0.1) is 0 Å². The molecule has 6 nitrogen and oxygen atoms in total. The lowest BCUT2D eigenvalue weighted by atomic mass is 9.91. The first-order valence-electron chi connectivity index (χ1n) is 12.6. The van der Waals surface area contributed by atoms with Crippen LogP contribution in [0.5, 0.6) is 0 Å². The molecule has 200 valence electrons. The topological polar surface area (TPSA) is 66.2 Å². The molecule has 0 radical (unpaired) electrons. The Kier molecular flexibility index (Phi) is 7.49. The van der Waals surface area contributed by atoms with Crippen LogP contribution in [0.1, 0.15) is 37.0 Å². The molecule has 0 unspecified atom stereocenters. The molecule has 0 amide bonds. The van der Waals surface area contributed by atoms with E-state index in [1.54, 1.807) is 12.1 Å². The number of anilines is 2. The van der Waals surface area contributed by atoms with Crippen molar-refractivity contribution < 1.29 is 17.6 Å². The van der Waals surface area contributed by atoms with Gasteiger partial charge in [-0.25, -0.2) is 4.98 Å². The summed E-state index contributed by atoms with van der Waals surface area (Å²) in [5.41, 5.74) is 0.381. The van der Waals surface area contributed by atoms with Gasteiger partial charge in [-0.1, -0.05) is 23.7 Å². The highest BCUT2D eigenvalue weighted by atomic mass is 35.5. The van der Waals surface area contributed by atoms with E-state index in [0.29, 0.717) is 30.1 Å². The third kappa shape index (κ3) is 5.89. The fourth-order valence-corrected chi connectivity index (χ4v) is 5.05. The summed E-state index contributed by atoms with van der Waals surface area (Å²) in [5.74, 6) is 2.49. The first-order chi connectivity index (χ1) is 18.2. The zero-order valence-electron chi connectivity index (χ0n) is 21.1. The molecule has 2 N–H and O–H groups in total. The monoisotopic (exact) mass is 543 g/mol. The first-order valence-corrected chi connectivity index (χ1v) is 12.9. The molecule has 10 heteroatoms. The summed E-state index contributed by atoms with van der Waals surface area (Å²) in [6, 6.07) is 15.3. The number of hydrogen-bond acceptors (Lipinski definition) is 6. The van der Waals surface area contributed by atoms with Crippen molar-refractivity contribution in [3.05, 3.63) is 70.9 Å². The summed E-state index contributed by atoms with van der Waals surface area (Å²) >= 11 is 6.15. The standard InChI is InChI=1S/C28H29ClF3N5O/c1-37(2)26-21-5-3-4-6-24(21)35-27(36-26)34-19-10-8-18(9-11-19)33-16-20-12-14-25(38-20)22-15-17(28(30,31)32)7-13-23(22)29/h3-7,12-15,18-19,33H,8-11,16H2,1-2H3,(H,34,35,36)/t18-,19+. The molecular weight excluding hydrogens is 515 g/mol. The van der Waals surface area contributed by atoms with E-state index in [1.807, 2.05) is 43.3 Å². The van der Waals surface area contributed by atoms with Gasteiger partial charge in [0, 0.05) is 37.1 Å². The number of furan rings is 1. The molecule has 0 atom stereocenters. The van der Waals surface area contributed by atoms with Gasteiger partial charge in [0.05, 0.1) is 22.6 Å². The molecule has 0 aliphatic heterocycles. The summed E-state index contributed by atoms with van der Waals surface area (Å²) < 4.78 is 45.2. The second-order valence-electron chi connectivity index (χ2n) is 9.81. The number of nitrogens with one attached hydrogen (secondary N) is 2. The maximum Gasteiger partial charge on any atom is 0.416 e. The number of halogens is 4. The molecule has 38 heavy (non-hydrogen) atoms. The molecular formula is C28H29ClF3N5O. The second kappa shape index (κ2) is 10.8. The zero-order chi connectivity index (χ0) is 26.9. The maximum absolute atomic E-state index is 13.1. The quantitative estimate of drug-likeness (QED) is 0.258. The minimum absolute atomic E-state index is 0.214. The van der Waals surface area contributed by atoms with Gasteiger partial charge in [0.15, 0.2) is 0 Å². The van der Waals surface area contributed by atoms with Crippen LogP contribution in [0.15, 0.2) is 59.0 Å². The van der Waals surface area contributed by atoms with E-state index >= 15 is 0 Å². The van der Waals surface area contributed by atoms with Crippen molar-refractivity contribution in [2.45, 2.75) is 50.5 Å². The summed E-state index contributed by atoms with van der Waals surface area (Å²) in [6.45, 7) is 0.485. The lowest BCUT2D eigenvalue weighted by Gasteiger charge is -2.30. The largest absolute Gasteiger partial charge is 0.460 e. The van der Waals surface area contributed by atoms with Crippen molar-refractivity contribution in [2.75, 3.05) is 24.3 Å². The van der Waals surface area contributed by atoms with Crippen molar-refractivity contribution in [3.63, 3.8) is 0 Å². The Morgan fingerprint density at radius 3 is 2.45 bits per heavy atom. The molecule has 1 saturated carbocycles. The summed E-state index contributed by atoms with van der Waals surface area (Å²) in [5, 5.41) is 8.26. The molecule has 1 aliphatic carbocycles. The first kappa shape index (κ1) is 26.3. The average Bonchev–Trinajstić information content (AvgIpc) is 3.36. The van der Waals surface area contributed by atoms with Crippen LogP contribution in [0.3, 0.4) is 0 Å². The minimum Gasteiger partial charge on any atom is -0.460 e. The van der Waals surface area contributed by atoms with Crippen molar-refractivity contribution in [1.29, 1.82) is 0 Å². The Morgan fingerprint density at radius 2 is 1.71 bits per heavy atom. The number of benzene rings is 2. The molecule has 0 saturated heterocycles. The van der Waals surface area contributed by atoms with E-state index in [1.165, 1.54) is 6.07 Å². The van der Waals surface area contributed by atoms with Crippen molar-refractivity contribution in [3.8, 4) is 11.3 Å². The fourth-order valence-electron chi connectivity index (χ4n) is 4.84. The summed E-state index contributed by atoms with van der Waals surface area (Å²) in [7, 11) is 3.96. The third-order valence-corrected chi connectivity index (χ3v) is 7.18. The van der Waals surface area contributed by atoms with Gasteiger partial charge in [0.25, 0.3) is 0 Å². The van der Waals surface area contributed by atoms with Crippen LogP contribution in [0.2, 0.25) is 5.02 Å². The third-order valence-electron chi connectivity index (χ3n) is 6.85. The van der Waals surface area contributed by atoms with Crippen LogP contribution >= 0.6 is 11.6 Å². The summed E-state index contributed by atoms with van der Waals surface area (Å²) in [6.07, 6.45) is -0.570. The highest BCUT2D eigenvalue weighted by molar-refractivity contribution is 6.33. The van der Waals surface area contributed by atoms with E-state index in [0.717, 1.165) is 54.5 Å². The van der Waals surface area contributed by atoms with E-state index in [9.17, 15) is 13.2 Å². The number of para-hydroxylation sites is 1. The van der Waals surface area contributed by atoms with Gasteiger partial charge in [-0.3, -0.25) is 0 Å². The van der Waals surface area contributed by atoms with Gasteiger partial charge in [0.2, 0.25) is 5.95 Å². The van der Waals surface area contributed by atoms with Crippen molar-refractivity contribution in [2.24, 2.45) is 0 Å². The Bertz CT molecular complexity index is 1410. The molecule has 0 bridgehead atoms. The van der Waals surface area contributed by atoms with Gasteiger partial charge >= 0.3 is 6.18 Å². The fraction of sp³-hybridized carbons (Fsp3) is 0.357. The van der Waals surface area contributed by atoms with Crippen LogP contribution in [0.25, 0.3) is 22.2 Å². The van der Waals surface area contributed by atoms with Gasteiger partial charge in [-0.2, -0.15) is 18.2 Å². The lowest BCUT2D eigenvalue weighted by molar-refractivity contribution is -0.137. The van der Waals surface area contributed by atoms with Gasteiger partial charge in [-0.15, -0.1) is 0 Å². The highest BCUT2D eigenvalue weighted by Gasteiger charge is 2.31. The number of alkyl halides is 3. The molecule has 1 fully saturated rings. The molecule has 0 spiro atoms. The Hall–Kier alpha value is -3.30. The summed E-state index contributed by atoms with van der Waals surface area (Å²) in [4.78, 5) is 11.5. The van der Waals surface area contributed by atoms with E-state index < -0.39 is 11.7 Å². The SMILES string of the molecule is CN(C)c1nc(N[C@H]2CC[C@@H](NCc3ccc(-c4cc(C(F)(F)F)ccc4Cl)o3)CC2)nc2ccccc12. The Morgan fingerprint density at radius 1 is 0.974 bits per heavy atom. The van der Waals surface area contributed by atoms with Crippen molar-refractivity contribution >= 4 is 34.3 Å². The number of rotatable bonds is 7. The molecule has 4 aromatic rings. The minimum atomic E-state index is -4.45. The van der Waals surface area contributed by atoms with E-state index in [4.69, 9.17) is 26.0 Å². The van der Waals surface area contributed by atoms with Crippen LogP contribution < -0.4 is 15.5 Å². The number of fused-ring (bicyclic) bond motifs is 1. The molecule has 2 aromatic carbocycles. The normalized spacial score (nSPS) is 18.1. The highest BCUT2D eigenvalue weighted by Crippen LogP contribution is 2.36. The maximum atomic E-state index is 13.1. The number of hydrogen-bond donors (Lipinski definition) is 2. The second-order valence-corrected chi connectivity index (χ2v) is 10.2. The van der Waals surface area contributed by atoms with E-state index in [-0.39, 0.29) is 16.6 Å². The molecule has 1 aliphatic rings. The van der Waals surface area contributed by atoms with Crippen LogP contribution in [0.4, 0.5) is 24.9 Å². The predicted octanol–water partition coefficient (Wildman–Crippen LogP) is 7.14. The van der Waals surface area contributed by atoms with Gasteiger partial charge in [0.1, 0.15) is 17.3 Å². The van der Waals surface area contributed by atoms with Gasteiger partial charge in [-0.05, 0) is 68.1 Å². The molecule has 2 aromatic heterocycles. The van der Waals surface area contributed by atoms with Gasteiger partial charge < -0.3 is 20.0 Å². The predicted molar refractivity (Wildman–Crippen MR) is 145 cm³/mol. The van der Waals surface area contributed by atoms with E-state index in [2.05, 4.69) is 10.6 Å². The Balaban J connectivity index is 1.16. The van der Waals surface area contributed by atoms with Crippen molar-refractivity contribution in [1.82, 2.24) is 15.3 Å². The number of nitrogens with zero attached hydrogens (tertiary/aromatic N) is 3. The smallest absolute Gasteiger partial charge is 0.416 e. The zero-order valence-corrected chi connectivity index (χ0v) is 21.9. The number of aromatic nitrogens is 2.